The lowest BCUT2D eigenvalue weighted by atomic mass is 10.0. The van der Waals surface area contributed by atoms with Crippen molar-refractivity contribution >= 4 is 0 Å². The Kier molecular flexibility index (Phi) is 4.56. The molecule has 122 valence electrons. The summed E-state index contributed by atoms with van der Waals surface area (Å²) in [5.41, 5.74) is 1.85. The Labute approximate surface area is 138 Å². The van der Waals surface area contributed by atoms with Crippen LogP contribution in [0.2, 0.25) is 0 Å². The molecule has 0 heterocycles. The molecule has 0 spiro atoms. The predicted octanol–water partition coefficient (Wildman–Crippen LogP) is 5.66. The van der Waals surface area contributed by atoms with Crippen molar-refractivity contribution in [2.24, 2.45) is 0 Å². The van der Waals surface area contributed by atoms with Crippen molar-refractivity contribution in [3.8, 4) is 16.9 Å². The fourth-order valence-corrected chi connectivity index (χ4v) is 2.37. The van der Waals surface area contributed by atoms with Gasteiger partial charge >= 0.3 is 0 Å². The molecule has 3 rings (SSSR count). The van der Waals surface area contributed by atoms with E-state index in [1.54, 1.807) is 54.6 Å². The molecule has 0 bridgehead atoms. The zero-order valence-corrected chi connectivity index (χ0v) is 13.0. The summed E-state index contributed by atoms with van der Waals surface area (Å²) in [6.07, 6.45) is 0. The highest BCUT2D eigenvalue weighted by molar-refractivity contribution is 5.65. The van der Waals surface area contributed by atoms with Crippen LogP contribution in [0.5, 0.6) is 5.75 Å². The van der Waals surface area contributed by atoms with Crippen LogP contribution in [0.3, 0.4) is 0 Å². The molecule has 24 heavy (non-hydrogen) atoms. The van der Waals surface area contributed by atoms with Gasteiger partial charge in [0.1, 0.15) is 6.61 Å². The molecule has 0 N–H and O–H groups in total. The van der Waals surface area contributed by atoms with E-state index in [0.717, 1.165) is 5.56 Å². The van der Waals surface area contributed by atoms with Crippen LogP contribution in [-0.2, 0) is 6.61 Å². The van der Waals surface area contributed by atoms with Gasteiger partial charge in [0.05, 0.1) is 0 Å². The highest BCUT2D eigenvalue weighted by atomic mass is 19.2. The number of hydrogen-bond donors (Lipinski definition) is 0. The monoisotopic (exact) mass is 328 g/mol. The van der Waals surface area contributed by atoms with Gasteiger partial charge in [0.25, 0.3) is 0 Å². The molecule has 0 aliphatic carbocycles. The second-order valence-corrected chi connectivity index (χ2v) is 5.47. The molecular formula is C20H15F3O. The van der Waals surface area contributed by atoms with Gasteiger partial charge in [0.15, 0.2) is 23.2 Å². The molecule has 0 saturated carbocycles. The SMILES string of the molecule is Cc1ccc(-c2ccc(COc3ccccc3F)cc2)c(F)c1F. The van der Waals surface area contributed by atoms with Crippen molar-refractivity contribution < 1.29 is 17.9 Å². The number of rotatable bonds is 4. The van der Waals surface area contributed by atoms with Gasteiger partial charge in [-0.3, -0.25) is 0 Å². The smallest absolute Gasteiger partial charge is 0.166 e. The van der Waals surface area contributed by atoms with Gasteiger partial charge in [-0.1, -0.05) is 48.5 Å². The lowest BCUT2D eigenvalue weighted by Crippen LogP contribution is -1.97. The van der Waals surface area contributed by atoms with Crippen LogP contribution in [-0.4, -0.2) is 0 Å². The quantitative estimate of drug-likeness (QED) is 0.600. The molecule has 3 aromatic carbocycles. The molecule has 0 fully saturated rings. The van der Waals surface area contributed by atoms with E-state index in [1.165, 1.54) is 13.0 Å². The van der Waals surface area contributed by atoms with Crippen LogP contribution in [0.4, 0.5) is 13.2 Å². The van der Waals surface area contributed by atoms with E-state index < -0.39 is 17.5 Å². The molecule has 0 unspecified atom stereocenters. The van der Waals surface area contributed by atoms with Crippen molar-refractivity contribution in [3.63, 3.8) is 0 Å². The maximum Gasteiger partial charge on any atom is 0.166 e. The molecule has 3 aromatic rings. The summed E-state index contributed by atoms with van der Waals surface area (Å²) in [5, 5.41) is 0. The molecule has 4 heteroatoms. The van der Waals surface area contributed by atoms with Gasteiger partial charge in [0, 0.05) is 5.56 Å². The Morgan fingerprint density at radius 1 is 0.792 bits per heavy atom. The minimum Gasteiger partial charge on any atom is -0.486 e. The Morgan fingerprint density at radius 3 is 2.21 bits per heavy atom. The van der Waals surface area contributed by atoms with E-state index >= 15 is 0 Å². The third-order valence-electron chi connectivity index (χ3n) is 3.77. The van der Waals surface area contributed by atoms with Crippen LogP contribution in [0, 0.1) is 24.4 Å². The van der Waals surface area contributed by atoms with E-state index in [4.69, 9.17) is 4.74 Å². The summed E-state index contributed by atoms with van der Waals surface area (Å²) in [6, 6.07) is 16.1. The van der Waals surface area contributed by atoms with Gasteiger partial charge in [-0.2, -0.15) is 0 Å². The summed E-state index contributed by atoms with van der Waals surface area (Å²) < 4.78 is 46.6. The Bertz CT molecular complexity index is 857. The number of aryl methyl sites for hydroxylation is 1. The second-order valence-electron chi connectivity index (χ2n) is 5.47. The van der Waals surface area contributed by atoms with E-state index in [2.05, 4.69) is 0 Å². The first kappa shape index (κ1) is 16.1. The third-order valence-corrected chi connectivity index (χ3v) is 3.77. The average molecular weight is 328 g/mol. The molecule has 0 aromatic heterocycles. The predicted molar refractivity (Wildman–Crippen MR) is 87.3 cm³/mol. The maximum absolute atomic E-state index is 14.0. The summed E-state index contributed by atoms with van der Waals surface area (Å²) >= 11 is 0. The molecule has 0 radical (unpaired) electrons. The second kappa shape index (κ2) is 6.79. The number of ether oxygens (including phenoxy) is 1. The topological polar surface area (TPSA) is 9.23 Å². The van der Waals surface area contributed by atoms with Crippen LogP contribution in [0.25, 0.3) is 11.1 Å². The number of halogens is 3. The normalized spacial score (nSPS) is 10.7. The van der Waals surface area contributed by atoms with Crippen molar-refractivity contribution in [1.82, 2.24) is 0 Å². The van der Waals surface area contributed by atoms with Crippen molar-refractivity contribution in [2.45, 2.75) is 13.5 Å². The summed E-state index contributed by atoms with van der Waals surface area (Å²) in [4.78, 5) is 0. The fraction of sp³-hybridized carbons (Fsp3) is 0.100. The Morgan fingerprint density at radius 2 is 1.50 bits per heavy atom. The lowest BCUT2D eigenvalue weighted by molar-refractivity contribution is 0.290. The maximum atomic E-state index is 14.0. The summed E-state index contributed by atoms with van der Waals surface area (Å²) in [6.45, 7) is 1.71. The summed E-state index contributed by atoms with van der Waals surface area (Å²) in [7, 11) is 0. The number of hydrogen-bond acceptors (Lipinski definition) is 1. The molecule has 0 atom stereocenters. The molecule has 1 nitrogen and oxygen atoms in total. The zero-order valence-electron chi connectivity index (χ0n) is 13.0. The first-order valence-corrected chi connectivity index (χ1v) is 7.47. The standard InChI is InChI=1S/C20H15F3O/c1-13-6-11-16(20(23)19(13)22)15-9-7-14(8-10-15)12-24-18-5-3-2-4-17(18)21/h2-11H,12H2,1H3. The highest BCUT2D eigenvalue weighted by Gasteiger charge is 2.12. The van der Waals surface area contributed by atoms with Gasteiger partial charge in [0.2, 0.25) is 0 Å². The first-order chi connectivity index (χ1) is 11.6. The van der Waals surface area contributed by atoms with E-state index in [0.29, 0.717) is 5.56 Å². The average Bonchev–Trinajstić information content (AvgIpc) is 2.60. The molecule has 0 aliphatic heterocycles. The molecule has 0 aliphatic rings. The van der Waals surface area contributed by atoms with Gasteiger partial charge in [-0.05, 0) is 35.7 Å². The van der Waals surface area contributed by atoms with Crippen molar-refractivity contribution in [3.05, 3.63) is 89.2 Å². The summed E-state index contributed by atoms with van der Waals surface area (Å²) in [5.74, 6) is -1.94. The third kappa shape index (κ3) is 3.27. The molecular weight excluding hydrogens is 313 g/mol. The molecule has 0 amide bonds. The first-order valence-electron chi connectivity index (χ1n) is 7.47. The van der Waals surface area contributed by atoms with Crippen LogP contribution >= 0.6 is 0 Å². The van der Waals surface area contributed by atoms with Crippen molar-refractivity contribution in [1.29, 1.82) is 0 Å². The highest BCUT2D eigenvalue weighted by Crippen LogP contribution is 2.26. The number of benzene rings is 3. The van der Waals surface area contributed by atoms with Crippen molar-refractivity contribution in [2.75, 3.05) is 0 Å². The van der Waals surface area contributed by atoms with E-state index in [-0.39, 0.29) is 23.5 Å². The van der Waals surface area contributed by atoms with E-state index in [9.17, 15) is 13.2 Å². The zero-order chi connectivity index (χ0) is 17.1. The Hall–Kier alpha value is -2.75. The number of para-hydroxylation sites is 1. The fourth-order valence-electron chi connectivity index (χ4n) is 2.37. The largest absolute Gasteiger partial charge is 0.486 e. The van der Waals surface area contributed by atoms with Gasteiger partial charge in [-0.15, -0.1) is 0 Å². The Balaban J connectivity index is 1.77. The van der Waals surface area contributed by atoms with Crippen LogP contribution in [0.1, 0.15) is 11.1 Å². The van der Waals surface area contributed by atoms with Gasteiger partial charge in [-0.25, -0.2) is 13.2 Å². The minimum absolute atomic E-state index is 0.174. The van der Waals surface area contributed by atoms with Crippen LogP contribution in [0.15, 0.2) is 60.7 Å². The van der Waals surface area contributed by atoms with Gasteiger partial charge < -0.3 is 4.74 Å². The lowest BCUT2D eigenvalue weighted by Gasteiger charge is -2.09. The van der Waals surface area contributed by atoms with Crippen LogP contribution < -0.4 is 4.74 Å². The minimum atomic E-state index is -0.856. The van der Waals surface area contributed by atoms with E-state index in [1.807, 2.05) is 0 Å². The molecule has 0 saturated heterocycles.